The molecule has 1 rings (SSSR count). The van der Waals surface area contributed by atoms with Gasteiger partial charge in [-0.25, -0.2) is 9.29 Å². The summed E-state index contributed by atoms with van der Waals surface area (Å²) in [5.41, 5.74) is 0.0346. The van der Waals surface area contributed by atoms with Gasteiger partial charge in [-0.15, -0.1) is 0 Å². The van der Waals surface area contributed by atoms with Crippen molar-refractivity contribution in [2.45, 2.75) is 12.8 Å². The van der Waals surface area contributed by atoms with Crippen molar-refractivity contribution in [2.24, 2.45) is 0 Å². The van der Waals surface area contributed by atoms with Crippen LogP contribution in [-0.4, -0.2) is 18.2 Å². The van der Waals surface area contributed by atoms with Crippen molar-refractivity contribution in [2.75, 3.05) is 7.05 Å². The number of hydrogen-bond acceptors (Lipinski definition) is 1. The highest BCUT2D eigenvalue weighted by Gasteiger charge is 2.34. The maximum atomic E-state index is 12.9. The van der Waals surface area contributed by atoms with Crippen LogP contribution in [0.1, 0.15) is 5.56 Å². The van der Waals surface area contributed by atoms with Crippen LogP contribution in [0.3, 0.4) is 0 Å². The molecule has 1 aromatic carbocycles. The van der Waals surface area contributed by atoms with Gasteiger partial charge in [0.25, 0.3) is 0 Å². The van der Waals surface area contributed by atoms with Crippen LogP contribution in [0.25, 0.3) is 0 Å². The molecule has 0 bridgehead atoms. The van der Waals surface area contributed by atoms with Crippen LogP contribution < -0.4 is 0 Å². The minimum absolute atomic E-state index is 0.0346. The van der Waals surface area contributed by atoms with E-state index >= 15 is 0 Å². The van der Waals surface area contributed by atoms with Crippen molar-refractivity contribution in [3.63, 3.8) is 0 Å². The minimum atomic E-state index is -4.43. The van der Waals surface area contributed by atoms with Crippen LogP contribution in [0.15, 0.2) is 24.3 Å². The quantitative estimate of drug-likeness (QED) is 0.532. The fourth-order valence-corrected chi connectivity index (χ4v) is 0.972. The van der Waals surface area contributed by atoms with Crippen molar-refractivity contribution < 1.29 is 17.6 Å². The maximum absolute atomic E-state index is 12.9. The summed E-state index contributed by atoms with van der Waals surface area (Å²) < 4.78 is 49.2. The van der Waals surface area contributed by atoms with E-state index in [1.165, 1.54) is 18.2 Å². The second-order valence-electron chi connectivity index (χ2n) is 2.92. The number of alkyl halides is 3. The third-order valence-electron chi connectivity index (χ3n) is 1.80. The molecule has 1 nitrogen and oxygen atoms in total. The van der Waals surface area contributed by atoms with Gasteiger partial charge in [0.1, 0.15) is 5.82 Å². The number of hydrogen-bond donors (Lipinski definition) is 0. The Hall–Kier alpha value is -1.10. The monoisotopic (exact) mass is 207 g/mol. The lowest BCUT2D eigenvalue weighted by Crippen LogP contribution is -2.33. The number of benzene rings is 1. The van der Waals surface area contributed by atoms with Gasteiger partial charge in [-0.05, 0) is 13.1 Å². The molecular weight excluding hydrogens is 198 g/mol. The molecule has 0 aliphatic rings. The SMILES string of the molecule is CN(Cc1ccccc1F)C(F)(F)F. The van der Waals surface area contributed by atoms with E-state index in [4.69, 9.17) is 0 Å². The third-order valence-corrected chi connectivity index (χ3v) is 1.80. The number of nitrogens with zero attached hydrogens (tertiary/aromatic N) is 1. The van der Waals surface area contributed by atoms with Crippen molar-refractivity contribution in [1.82, 2.24) is 4.90 Å². The molecule has 0 spiro atoms. The second kappa shape index (κ2) is 3.96. The summed E-state index contributed by atoms with van der Waals surface area (Å²) in [6, 6.07) is 5.41. The summed E-state index contributed by atoms with van der Waals surface area (Å²) in [5.74, 6) is -0.622. The van der Waals surface area contributed by atoms with E-state index in [0.717, 1.165) is 13.1 Å². The molecule has 1 aromatic rings. The maximum Gasteiger partial charge on any atom is 0.459 e. The molecule has 0 N–H and O–H groups in total. The fourth-order valence-electron chi connectivity index (χ4n) is 0.972. The Bertz CT molecular complexity index is 308. The van der Waals surface area contributed by atoms with Gasteiger partial charge in [0, 0.05) is 12.1 Å². The summed E-state index contributed by atoms with van der Waals surface area (Å²) in [6.45, 7) is -0.476. The molecule has 0 aliphatic carbocycles. The van der Waals surface area contributed by atoms with E-state index in [1.54, 1.807) is 0 Å². The van der Waals surface area contributed by atoms with Gasteiger partial charge in [0.15, 0.2) is 0 Å². The summed E-state index contributed by atoms with van der Waals surface area (Å²) in [7, 11) is 0.881. The molecule has 0 unspecified atom stereocenters. The molecule has 0 aliphatic heterocycles. The van der Waals surface area contributed by atoms with Crippen LogP contribution in [-0.2, 0) is 6.54 Å². The Balaban J connectivity index is 2.75. The largest absolute Gasteiger partial charge is 0.459 e. The predicted octanol–water partition coefficient (Wildman–Crippen LogP) is 2.78. The first-order chi connectivity index (χ1) is 6.41. The average molecular weight is 207 g/mol. The van der Waals surface area contributed by atoms with Crippen LogP contribution in [0.2, 0.25) is 0 Å². The van der Waals surface area contributed by atoms with Crippen molar-refractivity contribution in [3.8, 4) is 0 Å². The Kier molecular flexibility index (Phi) is 3.10. The van der Waals surface area contributed by atoms with E-state index < -0.39 is 18.7 Å². The molecule has 0 atom stereocenters. The van der Waals surface area contributed by atoms with Gasteiger partial charge < -0.3 is 0 Å². The number of rotatable bonds is 2. The topological polar surface area (TPSA) is 3.24 Å². The lowest BCUT2D eigenvalue weighted by molar-refractivity contribution is -0.240. The summed E-state index contributed by atoms with van der Waals surface area (Å²) in [6.07, 6.45) is -4.43. The molecule has 0 aromatic heterocycles. The van der Waals surface area contributed by atoms with Crippen LogP contribution in [0.5, 0.6) is 0 Å². The van der Waals surface area contributed by atoms with E-state index in [0.29, 0.717) is 0 Å². The van der Waals surface area contributed by atoms with E-state index in [-0.39, 0.29) is 10.5 Å². The highest BCUT2D eigenvalue weighted by molar-refractivity contribution is 5.16. The molecule has 0 heterocycles. The molecule has 0 amide bonds. The Morgan fingerprint density at radius 3 is 2.29 bits per heavy atom. The summed E-state index contributed by atoms with van der Waals surface area (Å²) in [4.78, 5) is 0.130. The minimum Gasteiger partial charge on any atom is -0.213 e. The van der Waals surface area contributed by atoms with Gasteiger partial charge in [-0.3, -0.25) is 0 Å². The van der Waals surface area contributed by atoms with E-state index in [9.17, 15) is 17.6 Å². The lowest BCUT2D eigenvalue weighted by Gasteiger charge is -2.19. The zero-order valence-corrected chi connectivity index (χ0v) is 7.48. The highest BCUT2D eigenvalue weighted by Crippen LogP contribution is 2.22. The van der Waals surface area contributed by atoms with Gasteiger partial charge in [-0.1, -0.05) is 18.2 Å². The summed E-state index contributed by atoms with van der Waals surface area (Å²) in [5, 5.41) is 0. The smallest absolute Gasteiger partial charge is 0.213 e. The van der Waals surface area contributed by atoms with Gasteiger partial charge in [0.2, 0.25) is 0 Å². The normalized spacial score (nSPS) is 12.1. The molecule has 0 saturated carbocycles. The molecule has 78 valence electrons. The Morgan fingerprint density at radius 2 is 1.79 bits per heavy atom. The first-order valence-corrected chi connectivity index (χ1v) is 3.92. The van der Waals surface area contributed by atoms with Crippen molar-refractivity contribution in [1.29, 1.82) is 0 Å². The zero-order valence-electron chi connectivity index (χ0n) is 7.48. The highest BCUT2D eigenvalue weighted by atomic mass is 19.4. The molecule has 0 radical (unpaired) electrons. The predicted molar refractivity (Wildman–Crippen MR) is 43.9 cm³/mol. The Labute approximate surface area is 78.9 Å². The van der Waals surface area contributed by atoms with Crippen LogP contribution in [0.4, 0.5) is 17.6 Å². The summed E-state index contributed by atoms with van der Waals surface area (Å²) >= 11 is 0. The Morgan fingerprint density at radius 1 is 1.21 bits per heavy atom. The molecule has 0 fully saturated rings. The van der Waals surface area contributed by atoms with Crippen molar-refractivity contribution in [3.05, 3.63) is 35.6 Å². The first-order valence-electron chi connectivity index (χ1n) is 3.92. The molecule has 0 saturated heterocycles. The molecule has 14 heavy (non-hydrogen) atoms. The van der Waals surface area contributed by atoms with Crippen LogP contribution >= 0.6 is 0 Å². The average Bonchev–Trinajstić information content (AvgIpc) is 2.07. The third kappa shape index (κ3) is 2.70. The standard InChI is InChI=1S/C9H9F4N/c1-14(9(11,12)13)6-7-4-2-3-5-8(7)10/h2-5H,6H2,1H3. The van der Waals surface area contributed by atoms with Gasteiger partial charge in [-0.2, -0.15) is 13.2 Å². The van der Waals surface area contributed by atoms with E-state index in [2.05, 4.69) is 0 Å². The van der Waals surface area contributed by atoms with Gasteiger partial charge in [0.05, 0.1) is 0 Å². The fraction of sp³-hybridized carbons (Fsp3) is 0.333. The lowest BCUT2D eigenvalue weighted by atomic mass is 10.2. The molecule has 5 heteroatoms. The zero-order chi connectivity index (χ0) is 10.8. The van der Waals surface area contributed by atoms with Crippen molar-refractivity contribution >= 4 is 0 Å². The van der Waals surface area contributed by atoms with Crippen LogP contribution in [0, 0.1) is 5.82 Å². The number of halogens is 4. The van der Waals surface area contributed by atoms with E-state index in [1.807, 2.05) is 0 Å². The molecular formula is C9H9F4N. The first kappa shape index (κ1) is 11.0. The second-order valence-corrected chi connectivity index (χ2v) is 2.92. The van der Waals surface area contributed by atoms with Gasteiger partial charge >= 0.3 is 6.30 Å².